The van der Waals surface area contributed by atoms with Crippen molar-refractivity contribution in [2.75, 3.05) is 19.6 Å². The maximum Gasteiger partial charge on any atom is 0.433 e. The van der Waals surface area contributed by atoms with Crippen molar-refractivity contribution in [3.05, 3.63) is 34.1 Å². The lowest BCUT2D eigenvalue weighted by atomic mass is 9.84. The van der Waals surface area contributed by atoms with Crippen LogP contribution in [0.3, 0.4) is 0 Å². The highest BCUT2D eigenvalue weighted by Crippen LogP contribution is 2.27. The van der Waals surface area contributed by atoms with Crippen LogP contribution >= 0.6 is 0 Å². The molecule has 3 aliphatic rings. The van der Waals surface area contributed by atoms with Crippen LogP contribution in [0.25, 0.3) is 6.08 Å². The number of nitrogens with one attached hydrogen (secondary N) is 1. The lowest BCUT2D eigenvalue weighted by Crippen LogP contribution is -2.57. The Morgan fingerprint density at radius 1 is 1.43 bits per heavy atom. The third kappa shape index (κ3) is 3.13. The number of hydrogen-bond acceptors (Lipinski definition) is 5. The number of furan rings is 1. The number of nitrogens with zero attached hydrogens (tertiary/aromatic N) is 2. The summed E-state index contributed by atoms with van der Waals surface area (Å²) in [4.78, 5) is 24.2. The van der Waals surface area contributed by atoms with E-state index in [1.165, 1.54) is 24.3 Å². The standard InChI is InChI=1S/C14H17N3O4/c18-13(3-1-11-2-4-14(21-11)17(19)20)15-12-9-16-7-5-10(12)6-8-16/h1-4,10,12H,5-9H2,(H,15,18)/b3-1+. The maximum absolute atomic E-state index is 11.9. The summed E-state index contributed by atoms with van der Waals surface area (Å²) in [6.07, 6.45) is 5.09. The fourth-order valence-electron chi connectivity index (χ4n) is 3.05. The van der Waals surface area contributed by atoms with Crippen LogP contribution in [0.15, 0.2) is 22.6 Å². The first kappa shape index (κ1) is 13.8. The molecule has 3 aliphatic heterocycles. The first-order valence-corrected chi connectivity index (χ1v) is 7.07. The van der Waals surface area contributed by atoms with E-state index in [9.17, 15) is 14.9 Å². The molecular formula is C14H17N3O4. The SMILES string of the molecule is O=C(/C=C/c1ccc([N+](=O)[O-])o1)NC1CN2CCC1CC2. The Kier molecular flexibility index (Phi) is 3.74. The summed E-state index contributed by atoms with van der Waals surface area (Å²) in [5, 5.41) is 13.5. The fraction of sp³-hybridized carbons (Fsp3) is 0.500. The van der Waals surface area contributed by atoms with Crippen molar-refractivity contribution in [1.29, 1.82) is 0 Å². The number of amides is 1. The second kappa shape index (κ2) is 5.69. The van der Waals surface area contributed by atoms with Gasteiger partial charge in [0.15, 0.2) is 0 Å². The minimum atomic E-state index is -0.607. The van der Waals surface area contributed by atoms with Gasteiger partial charge in [-0.3, -0.25) is 14.9 Å². The van der Waals surface area contributed by atoms with Crippen LogP contribution < -0.4 is 5.32 Å². The average molecular weight is 291 g/mol. The number of fused-ring (bicyclic) bond motifs is 3. The zero-order valence-electron chi connectivity index (χ0n) is 11.5. The molecule has 4 heterocycles. The zero-order valence-corrected chi connectivity index (χ0v) is 11.5. The fourth-order valence-corrected chi connectivity index (χ4v) is 3.05. The molecule has 1 unspecified atom stereocenters. The van der Waals surface area contributed by atoms with Gasteiger partial charge in [-0.1, -0.05) is 0 Å². The third-order valence-corrected chi connectivity index (χ3v) is 4.18. The van der Waals surface area contributed by atoms with Crippen LogP contribution in [0.4, 0.5) is 5.88 Å². The summed E-state index contributed by atoms with van der Waals surface area (Å²) in [6.45, 7) is 3.17. The van der Waals surface area contributed by atoms with Gasteiger partial charge >= 0.3 is 5.88 Å². The van der Waals surface area contributed by atoms with Gasteiger partial charge in [0.25, 0.3) is 0 Å². The van der Waals surface area contributed by atoms with Crippen LogP contribution in [0.2, 0.25) is 0 Å². The molecule has 0 saturated carbocycles. The average Bonchev–Trinajstić information content (AvgIpc) is 2.95. The van der Waals surface area contributed by atoms with Crippen LogP contribution in [-0.4, -0.2) is 41.4 Å². The summed E-state index contributed by atoms with van der Waals surface area (Å²) in [6, 6.07) is 2.94. The molecule has 3 fully saturated rings. The van der Waals surface area contributed by atoms with Gasteiger partial charge in [-0.25, -0.2) is 0 Å². The molecule has 21 heavy (non-hydrogen) atoms. The van der Waals surface area contributed by atoms with Gasteiger partial charge < -0.3 is 14.6 Å². The molecule has 1 N–H and O–H groups in total. The van der Waals surface area contributed by atoms with Gasteiger partial charge in [0.2, 0.25) is 5.91 Å². The summed E-state index contributed by atoms with van der Waals surface area (Å²) in [7, 11) is 0. The molecule has 2 bridgehead atoms. The second-order valence-electron chi connectivity index (χ2n) is 5.52. The van der Waals surface area contributed by atoms with Gasteiger partial charge in [0.1, 0.15) is 10.7 Å². The molecule has 112 valence electrons. The van der Waals surface area contributed by atoms with Gasteiger partial charge in [-0.15, -0.1) is 0 Å². The van der Waals surface area contributed by atoms with Crippen molar-refractivity contribution in [1.82, 2.24) is 10.2 Å². The predicted octanol–water partition coefficient (Wildman–Crippen LogP) is 1.41. The molecule has 7 heteroatoms. The van der Waals surface area contributed by atoms with Crippen LogP contribution in [0.1, 0.15) is 18.6 Å². The summed E-state index contributed by atoms with van der Waals surface area (Å²) in [5.74, 6) is 0.350. The maximum atomic E-state index is 11.9. The van der Waals surface area contributed by atoms with E-state index in [0.717, 1.165) is 32.5 Å². The number of carbonyl (C=O) groups is 1. The van der Waals surface area contributed by atoms with E-state index in [4.69, 9.17) is 4.42 Å². The minimum Gasteiger partial charge on any atom is -0.401 e. The quantitative estimate of drug-likeness (QED) is 0.515. The van der Waals surface area contributed by atoms with Gasteiger partial charge in [0.05, 0.1) is 6.07 Å². The normalized spacial score (nSPS) is 27.9. The van der Waals surface area contributed by atoms with Crippen molar-refractivity contribution in [3.63, 3.8) is 0 Å². The Morgan fingerprint density at radius 2 is 2.19 bits per heavy atom. The highest BCUT2D eigenvalue weighted by atomic mass is 16.6. The first-order chi connectivity index (χ1) is 10.1. The van der Waals surface area contributed by atoms with Crippen molar-refractivity contribution in [2.45, 2.75) is 18.9 Å². The Bertz CT molecular complexity index is 573. The summed E-state index contributed by atoms with van der Waals surface area (Å²) >= 11 is 0. The van der Waals surface area contributed by atoms with E-state index < -0.39 is 4.92 Å². The topological polar surface area (TPSA) is 88.6 Å². The smallest absolute Gasteiger partial charge is 0.401 e. The van der Waals surface area contributed by atoms with Crippen molar-refractivity contribution in [3.8, 4) is 0 Å². The molecule has 1 aromatic rings. The molecule has 0 aliphatic carbocycles. The minimum absolute atomic E-state index is 0.187. The summed E-state index contributed by atoms with van der Waals surface area (Å²) in [5.41, 5.74) is 0. The molecule has 1 aromatic heterocycles. The number of carbonyl (C=O) groups excluding carboxylic acids is 1. The molecule has 0 radical (unpaired) electrons. The number of nitro groups is 1. The highest BCUT2D eigenvalue weighted by Gasteiger charge is 2.34. The molecule has 4 rings (SSSR count). The molecule has 0 spiro atoms. The van der Waals surface area contributed by atoms with Gasteiger partial charge in [-0.05, 0) is 44.0 Å². The molecule has 7 nitrogen and oxygen atoms in total. The molecular weight excluding hydrogens is 274 g/mol. The predicted molar refractivity (Wildman–Crippen MR) is 75.5 cm³/mol. The molecule has 0 aromatic carbocycles. The third-order valence-electron chi connectivity index (χ3n) is 4.18. The number of rotatable bonds is 4. The Balaban J connectivity index is 1.56. The monoisotopic (exact) mass is 291 g/mol. The van der Waals surface area contributed by atoms with Crippen molar-refractivity contribution >= 4 is 17.9 Å². The van der Waals surface area contributed by atoms with Crippen LogP contribution in [0.5, 0.6) is 0 Å². The van der Waals surface area contributed by atoms with Crippen molar-refractivity contribution in [2.24, 2.45) is 5.92 Å². The van der Waals surface area contributed by atoms with E-state index in [2.05, 4.69) is 10.2 Å². The van der Waals surface area contributed by atoms with E-state index in [-0.39, 0.29) is 17.8 Å². The Labute approximate surface area is 121 Å². The number of piperidine rings is 3. The van der Waals surface area contributed by atoms with Crippen LogP contribution in [0, 0.1) is 16.0 Å². The largest absolute Gasteiger partial charge is 0.433 e. The van der Waals surface area contributed by atoms with Crippen molar-refractivity contribution < 1.29 is 14.1 Å². The second-order valence-corrected chi connectivity index (χ2v) is 5.52. The molecule has 1 atom stereocenters. The first-order valence-electron chi connectivity index (χ1n) is 7.07. The Morgan fingerprint density at radius 3 is 2.76 bits per heavy atom. The zero-order chi connectivity index (χ0) is 14.8. The van der Waals surface area contributed by atoms with E-state index in [0.29, 0.717) is 11.7 Å². The van der Waals surface area contributed by atoms with Gasteiger partial charge in [0, 0.05) is 18.7 Å². The van der Waals surface area contributed by atoms with E-state index in [1.807, 2.05) is 0 Å². The lowest BCUT2D eigenvalue weighted by Gasteiger charge is -2.44. The van der Waals surface area contributed by atoms with Gasteiger partial charge in [-0.2, -0.15) is 0 Å². The summed E-state index contributed by atoms with van der Waals surface area (Å²) < 4.78 is 4.96. The number of hydrogen-bond donors (Lipinski definition) is 1. The molecule has 3 saturated heterocycles. The van der Waals surface area contributed by atoms with Crippen LogP contribution in [-0.2, 0) is 4.79 Å². The lowest BCUT2D eigenvalue weighted by molar-refractivity contribution is -0.402. The molecule has 1 amide bonds. The Hall–Kier alpha value is -2.15. The van der Waals surface area contributed by atoms with E-state index >= 15 is 0 Å². The van der Waals surface area contributed by atoms with E-state index in [1.54, 1.807) is 0 Å². The highest BCUT2D eigenvalue weighted by molar-refractivity contribution is 5.91.